The van der Waals surface area contributed by atoms with E-state index in [2.05, 4.69) is 10.3 Å². The molecule has 0 atom stereocenters. The number of carbonyl (C=O) groups is 1. The lowest BCUT2D eigenvalue weighted by atomic mass is 10.1. The number of aromatic amines is 1. The van der Waals surface area contributed by atoms with Crippen molar-refractivity contribution in [1.82, 2.24) is 10.3 Å². The van der Waals surface area contributed by atoms with Crippen LogP contribution in [0.5, 0.6) is 5.75 Å². The summed E-state index contributed by atoms with van der Waals surface area (Å²) in [5.74, 6) is 0.796. The fourth-order valence-electron chi connectivity index (χ4n) is 2.81. The zero-order chi connectivity index (χ0) is 16.2. The molecule has 0 aliphatic carbocycles. The Morgan fingerprint density at radius 1 is 1.17 bits per heavy atom. The molecule has 0 bridgehead atoms. The summed E-state index contributed by atoms with van der Waals surface area (Å²) in [6.45, 7) is 2.52. The van der Waals surface area contributed by atoms with Gasteiger partial charge in [-0.05, 0) is 37.1 Å². The van der Waals surface area contributed by atoms with Crippen molar-refractivity contribution >= 4 is 16.8 Å². The van der Waals surface area contributed by atoms with E-state index in [-0.39, 0.29) is 5.91 Å². The van der Waals surface area contributed by atoms with Gasteiger partial charge in [0.2, 0.25) is 0 Å². The molecule has 0 spiro atoms. The number of hydrogen-bond acceptors (Lipinski definition) is 2. The molecule has 1 amide bonds. The molecule has 4 heteroatoms. The van der Waals surface area contributed by atoms with E-state index in [1.54, 1.807) is 7.11 Å². The van der Waals surface area contributed by atoms with Crippen LogP contribution in [0.15, 0.2) is 48.5 Å². The van der Waals surface area contributed by atoms with Crippen LogP contribution in [-0.2, 0) is 6.42 Å². The number of para-hydroxylation sites is 1. The summed E-state index contributed by atoms with van der Waals surface area (Å²) in [6.07, 6.45) is 0.768. The van der Waals surface area contributed by atoms with Gasteiger partial charge in [-0.25, -0.2) is 0 Å². The number of nitrogens with one attached hydrogen (secondary N) is 2. The molecular weight excluding hydrogens is 288 g/mol. The Morgan fingerprint density at radius 3 is 2.83 bits per heavy atom. The van der Waals surface area contributed by atoms with E-state index >= 15 is 0 Å². The van der Waals surface area contributed by atoms with E-state index in [0.29, 0.717) is 6.54 Å². The Labute approximate surface area is 135 Å². The number of aryl methyl sites for hydroxylation is 1. The molecule has 0 fully saturated rings. The normalized spacial score (nSPS) is 10.7. The summed E-state index contributed by atoms with van der Waals surface area (Å²) in [7, 11) is 1.65. The number of fused-ring (bicyclic) bond motifs is 1. The number of H-pyrrole nitrogens is 1. The van der Waals surface area contributed by atoms with E-state index in [0.717, 1.165) is 39.9 Å². The molecule has 1 aromatic heterocycles. The van der Waals surface area contributed by atoms with Gasteiger partial charge in [-0.15, -0.1) is 0 Å². The molecule has 4 nitrogen and oxygen atoms in total. The zero-order valence-electron chi connectivity index (χ0n) is 13.3. The van der Waals surface area contributed by atoms with Crippen LogP contribution in [0.4, 0.5) is 0 Å². The number of methoxy groups -OCH3 is 1. The average Bonchev–Trinajstić information content (AvgIpc) is 2.90. The lowest BCUT2D eigenvalue weighted by Gasteiger charge is -2.07. The average molecular weight is 308 g/mol. The van der Waals surface area contributed by atoms with Gasteiger partial charge >= 0.3 is 0 Å². The lowest BCUT2D eigenvalue weighted by molar-refractivity contribution is 0.0955. The van der Waals surface area contributed by atoms with Gasteiger partial charge in [0.25, 0.3) is 5.91 Å². The van der Waals surface area contributed by atoms with Crippen molar-refractivity contribution in [2.45, 2.75) is 13.3 Å². The predicted octanol–water partition coefficient (Wildman–Crippen LogP) is 3.46. The maximum Gasteiger partial charge on any atom is 0.253 e. The Morgan fingerprint density at radius 2 is 2.00 bits per heavy atom. The number of benzene rings is 2. The van der Waals surface area contributed by atoms with Crippen molar-refractivity contribution < 1.29 is 9.53 Å². The number of hydrogen-bond donors (Lipinski definition) is 2. The van der Waals surface area contributed by atoms with E-state index in [1.165, 1.54) is 0 Å². The van der Waals surface area contributed by atoms with Crippen LogP contribution >= 0.6 is 0 Å². The first-order chi connectivity index (χ1) is 11.2. The highest BCUT2D eigenvalue weighted by molar-refractivity contribution is 6.08. The first-order valence-electron chi connectivity index (χ1n) is 7.67. The second-order valence-electron chi connectivity index (χ2n) is 5.53. The molecule has 0 saturated heterocycles. The molecule has 23 heavy (non-hydrogen) atoms. The molecule has 0 unspecified atom stereocenters. The maximum absolute atomic E-state index is 12.5. The highest BCUT2D eigenvalue weighted by Gasteiger charge is 2.15. The van der Waals surface area contributed by atoms with Gasteiger partial charge < -0.3 is 15.0 Å². The van der Waals surface area contributed by atoms with E-state index in [4.69, 9.17) is 4.74 Å². The summed E-state index contributed by atoms with van der Waals surface area (Å²) in [5.41, 5.74) is 3.75. The lowest BCUT2D eigenvalue weighted by Crippen LogP contribution is -2.26. The van der Waals surface area contributed by atoms with Crippen molar-refractivity contribution in [3.63, 3.8) is 0 Å². The molecule has 2 aromatic carbocycles. The van der Waals surface area contributed by atoms with Gasteiger partial charge in [0, 0.05) is 23.1 Å². The van der Waals surface area contributed by atoms with E-state index < -0.39 is 0 Å². The van der Waals surface area contributed by atoms with Crippen molar-refractivity contribution in [2.75, 3.05) is 13.7 Å². The Balaban J connectivity index is 1.68. The highest BCUT2D eigenvalue weighted by Crippen LogP contribution is 2.21. The summed E-state index contributed by atoms with van der Waals surface area (Å²) in [4.78, 5) is 15.8. The van der Waals surface area contributed by atoms with Crippen LogP contribution in [0.1, 0.15) is 21.6 Å². The van der Waals surface area contributed by atoms with Crippen molar-refractivity contribution in [3.05, 3.63) is 65.4 Å². The first-order valence-corrected chi connectivity index (χ1v) is 7.67. The Kier molecular flexibility index (Phi) is 4.33. The highest BCUT2D eigenvalue weighted by atomic mass is 16.5. The van der Waals surface area contributed by atoms with Crippen LogP contribution in [-0.4, -0.2) is 24.5 Å². The molecule has 0 saturated carbocycles. The third kappa shape index (κ3) is 3.21. The minimum atomic E-state index is -0.0390. The minimum Gasteiger partial charge on any atom is -0.497 e. The fourth-order valence-corrected chi connectivity index (χ4v) is 2.81. The molecule has 0 aliphatic heterocycles. The molecular formula is C19H20N2O2. The van der Waals surface area contributed by atoms with Gasteiger partial charge in [0.15, 0.2) is 0 Å². The van der Waals surface area contributed by atoms with Gasteiger partial charge in [-0.1, -0.05) is 30.3 Å². The van der Waals surface area contributed by atoms with Gasteiger partial charge in [0.05, 0.1) is 12.7 Å². The largest absolute Gasteiger partial charge is 0.497 e. The van der Waals surface area contributed by atoms with Crippen LogP contribution in [0.2, 0.25) is 0 Å². The molecule has 0 radical (unpaired) electrons. The van der Waals surface area contributed by atoms with Crippen molar-refractivity contribution in [1.29, 1.82) is 0 Å². The number of aromatic nitrogens is 1. The zero-order valence-corrected chi connectivity index (χ0v) is 13.3. The second-order valence-corrected chi connectivity index (χ2v) is 5.53. The number of amides is 1. The van der Waals surface area contributed by atoms with Gasteiger partial charge in [-0.2, -0.15) is 0 Å². The number of carbonyl (C=O) groups excluding carboxylic acids is 1. The monoisotopic (exact) mass is 308 g/mol. The van der Waals surface area contributed by atoms with Crippen LogP contribution < -0.4 is 10.1 Å². The van der Waals surface area contributed by atoms with Gasteiger partial charge in [-0.3, -0.25) is 4.79 Å². The van der Waals surface area contributed by atoms with Crippen LogP contribution in [0, 0.1) is 6.92 Å². The number of rotatable bonds is 5. The third-order valence-electron chi connectivity index (χ3n) is 3.95. The SMILES string of the molecule is COc1cccc(CCNC(=O)c2c(C)[nH]c3ccccc23)c1. The molecule has 2 N–H and O–H groups in total. The topological polar surface area (TPSA) is 54.1 Å². The summed E-state index contributed by atoms with van der Waals surface area (Å²) in [6, 6.07) is 15.8. The number of ether oxygens (including phenoxy) is 1. The third-order valence-corrected chi connectivity index (χ3v) is 3.95. The first kappa shape index (κ1) is 15.2. The van der Waals surface area contributed by atoms with Crippen LogP contribution in [0.25, 0.3) is 10.9 Å². The smallest absolute Gasteiger partial charge is 0.253 e. The quantitative estimate of drug-likeness (QED) is 0.758. The summed E-state index contributed by atoms with van der Waals surface area (Å²) < 4.78 is 5.21. The summed E-state index contributed by atoms with van der Waals surface area (Å²) in [5, 5.41) is 3.97. The van der Waals surface area contributed by atoms with Crippen molar-refractivity contribution in [3.8, 4) is 5.75 Å². The molecule has 3 aromatic rings. The van der Waals surface area contributed by atoms with Gasteiger partial charge in [0.1, 0.15) is 5.75 Å². The fraction of sp³-hybridized carbons (Fsp3) is 0.211. The Bertz CT molecular complexity index is 836. The van der Waals surface area contributed by atoms with Crippen molar-refractivity contribution in [2.24, 2.45) is 0 Å². The molecule has 1 heterocycles. The Hall–Kier alpha value is -2.75. The summed E-state index contributed by atoms with van der Waals surface area (Å²) >= 11 is 0. The van der Waals surface area contributed by atoms with E-state index in [9.17, 15) is 4.79 Å². The predicted molar refractivity (Wildman–Crippen MR) is 92.1 cm³/mol. The molecule has 118 valence electrons. The minimum absolute atomic E-state index is 0.0390. The van der Waals surface area contributed by atoms with E-state index in [1.807, 2.05) is 55.5 Å². The second kappa shape index (κ2) is 6.57. The van der Waals surface area contributed by atoms with Crippen LogP contribution in [0.3, 0.4) is 0 Å². The standard InChI is InChI=1S/C19H20N2O2/c1-13-18(16-8-3-4-9-17(16)21-13)19(22)20-11-10-14-6-5-7-15(12-14)23-2/h3-9,12,21H,10-11H2,1-2H3,(H,20,22). The molecule has 0 aliphatic rings. The maximum atomic E-state index is 12.5. The molecule has 3 rings (SSSR count).